The van der Waals surface area contributed by atoms with Crippen LogP contribution in [0.15, 0.2) is 4.99 Å². The molecule has 0 radical (unpaired) electrons. The van der Waals surface area contributed by atoms with Gasteiger partial charge in [-0.25, -0.2) is 0 Å². The lowest BCUT2D eigenvalue weighted by Crippen LogP contribution is -2.41. The average Bonchev–Trinajstić information content (AvgIpc) is 3.05. The Bertz CT molecular complexity index is 386. The Morgan fingerprint density at radius 1 is 1.08 bits per heavy atom. The molecule has 2 atom stereocenters. The molecule has 6 heteroatoms. The molecular weight excluding hydrogens is 425 g/mol. The van der Waals surface area contributed by atoms with Crippen LogP contribution in [0.5, 0.6) is 0 Å². The number of rotatable bonds is 7. The second-order valence-electron chi connectivity index (χ2n) is 7.55. The van der Waals surface area contributed by atoms with Gasteiger partial charge in [-0.2, -0.15) is 0 Å². The fraction of sp³-hybridized carbons (Fsp3) is 0.947. The Kier molecular flexibility index (Phi) is 11.3. The van der Waals surface area contributed by atoms with Gasteiger partial charge in [0.05, 0.1) is 0 Å². The van der Waals surface area contributed by atoms with Crippen LogP contribution in [0.1, 0.15) is 40.0 Å². The van der Waals surface area contributed by atoms with Gasteiger partial charge in [-0.3, -0.25) is 4.99 Å². The molecular formula is C19H40IN5. The zero-order valence-corrected chi connectivity index (χ0v) is 19.2. The van der Waals surface area contributed by atoms with Crippen LogP contribution in [0.2, 0.25) is 0 Å². The molecule has 0 spiro atoms. The van der Waals surface area contributed by atoms with Crippen molar-refractivity contribution in [3.05, 3.63) is 0 Å². The van der Waals surface area contributed by atoms with E-state index in [1.54, 1.807) is 0 Å². The maximum Gasteiger partial charge on any atom is 0.193 e. The maximum atomic E-state index is 5.00. The van der Waals surface area contributed by atoms with E-state index in [9.17, 15) is 0 Å². The minimum Gasteiger partial charge on any atom is -0.357 e. The quantitative estimate of drug-likeness (QED) is 0.356. The van der Waals surface area contributed by atoms with E-state index in [-0.39, 0.29) is 24.0 Å². The first-order valence-corrected chi connectivity index (χ1v) is 10.1. The molecule has 0 aromatic carbocycles. The Morgan fingerprint density at radius 3 is 2.48 bits per heavy atom. The first-order valence-electron chi connectivity index (χ1n) is 10.1. The van der Waals surface area contributed by atoms with Gasteiger partial charge in [0.15, 0.2) is 5.96 Å². The van der Waals surface area contributed by atoms with E-state index < -0.39 is 0 Å². The Morgan fingerprint density at radius 2 is 1.84 bits per heavy atom. The lowest BCUT2D eigenvalue weighted by molar-refractivity contribution is 0.214. The SMILES string of the molecule is CCNC(=NCC1CCCN(C)C1)N1CCC(CN(CC)CC)C1.I. The fourth-order valence-corrected chi connectivity index (χ4v) is 4.08. The highest BCUT2D eigenvalue weighted by Crippen LogP contribution is 2.19. The van der Waals surface area contributed by atoms with Gasteiger partial charge in [0, 0.05) is 39.3 Å². The van der Waals surface area contributed by atoms with Crippen molar-refractivity contribution in [1.82, 2.24) is 20.0 Å². The summed E-state index contributed by atoms with van der Waals surface area (Å²) < 4.78 is 0. The summed E-state index contributed by atoms with van der Waals surface area (Å²) in [6, 6.07) is 0. The predicted octanol–water partition coefficient (Wildman–Crippen LogP) is 2.58. The monoisotopic (exact) mass is 465 g/mol. The molecule has 0 amide bonds. The van der Waals surface area contributed by atoms with Gasteiger partial charge in [-0.15, -0.1) is 24.0 Å². The number of likely N-dealkylation sites (tertiary alicyclic amines) is 2. The van der Waals surface area contributed by atoms with Gasteiger partial charge < -0.3 is 20.0 Å². The van der Waals surface area contributed by atoms with Gasteiger partial charge in [0.2, 0.25) is 0 Å². The number of nitrogens with zero attached hydrogens (tertiary/aromatic N) is 4. The molecule has 0 aliphatic carbocycles. The summed E-state index contributed by atoms with van der Waals surface area (Å²) in [5, 5.41) is 3.53. The predicted molar refractivity (Wildman–Crippen MR) is 119 cm³/mol. The van der Waals surface area contributed by atoms with Crippen molar-refractivity contribution < 1.29 is 0 Å². The van der Waals surface area contributed by atoms with Crippen molar-refractivity contribution >= 4 is 29.9 Å². The second kappa shape index (κ2) is 12.3. The topological polar surface area (TPSA) is 34.1 Å². The summed E-state index contributed by atoms with van der Waals surface area (Å²) in [4.78, 5) is 12.5. The molecule has 2 aliphatic rings. The van der Waals surface area contributed by atoms with E-state index >= 15 is 0 Å². The number of aliphatic imine (C=N–C) groups is 1. The number of piperidine rings is 1. The third-order valence-corrected chi connectivity index (χ3v) is 5.55. The molecule has 2 fully saturated rings. The Balaban J connectivity index is 0.00000312. The first kappa shape index (κ1) is 23.0. The molecule has 2 heterocycles. The van der Waals surface area contributed by atoms with Crippen molar-refractivity contribution in [2.24, 2.45) is 16.8 Å². The van der Waals surface area contributed by atoms with Crippen LogP contribution in [-0.4, -0.2) is 86.6 Å². The fourth-order valence-electron chi connectivity index (χ4n) is 4.08. The third kappa shape index (κ3) is 7.59. The summed E-state index contributed by atoms with van der Waals surface area (Å²) in [5.41, 5.74) is 0. The van der Waals surface area contributed by atoms with E-state index in [2.05, 4.69) is 47.8 Å². The third-order valence-electron chi connectivity index (χ3n) is 5.55. The van der Waals surface area contributed by atoms with Crippen molar-refractivity contribution in [1.29, 1.82) is 0 Å². The molecule has 2 rings (SSSR count). The van der Waals surface area contributed by atoms with E-state index in [0.717, 1.165) is 57.1 Å². The van der Waals surface area contributed by atoms with Crippen LogP contribution in [0, 0.1) is 11.8 Å². The average molecular weight is 465 g/mol. The first-order chi connectivity index (χ1) is 11.7. The molecule has 2 unspecified atom stereocenters. The summed E-state index contributed by atoms with van der Waals surface area (Å²) in [6.07, 6.45) is 3.95. The molecule has 0 saturated carbocycles. The zero-order chi connectivity index (χ0) is 17.4. The van der Waals surface area contributed by atoms with Crippen molar-refractivity contribution in [2.45, 2.75) is 40.0 Å². The number of halogens is 1. The van der Waals surface area contributed by atoms with Crippen LogP contribution in [-0.2, 0) is 0 Å². The van der Waals surface area contributed by atoms with Gasteiger partial charge >= 0.3 is 0 Å². The Labute approximate surface area is 172 Å². The van der Waals surface area contributed by atoms with E-state index in [1.807, 2.05) is 0 Å². The number of hydrogen-bond donors (Lipinski definition) is 1. The number of nitrogens with one attached hydrogen (secondary N) is 1. The lowest BCUT2D eigenvalue weighted by Gasteiger charge is -2.29. The highest BCUT2D eigenvalue weighted by molar-refractivity contribution is 14.0. The molecule has 0 bridgehead atoms. The molecule has 5 nitrogen and oxygen atoms in total. The smallest absolute Gasteiger partial charge is 0.193 e. The summed E-state index contributed by atoms with van der Waals surface area (Å²) in [6.45, 7) is 17.0. The molecule has 0 aromatic heterocycles. The van der Waals surface area contributed by atoms with Crippen molar-refractivity contribution in [3.63, 3.8) is 0 Å². The molecule has 2 aliphatic heterocycles. The number of guanidine groups is 1. The van der Waals surface area contributed by atoms with Crippen LogP contribution < -0.4 is 5.32 Å². The maximum absolute atomic E-state index is 5.00. The summed E-state index contributed by atoms with van der Waals surface area (Å²) in [5.74, 6) is 2.66. The van der Waals surface area contributed by atoms with Gasteiger partial charge in [-0.05, 0) is 64.7 Å². The van der Waals surface area contributed by atoms with Gasteiger partial charge in [0.25, 0.3) is 0 Å². The van der Waals surface area contributed by atoms with Crippen LogP contribution >= 0.6 is 24.0 Å². The number of hydrogen-bond acceptors (Lipinski definition) is 3. The molecule has 0 aromatic rings. The summed E-state index contributed by atoms with van der Waals surface area (Å²) >= 11 is 0. The van der Waals surface area contributed by atoms with Crippen LogP contribution in [0.25, 0.3) is 0 Å². The molecule has 1 N–H and O–H groups in total. The van der Waals surface area contributed by atoms with Gasteiger partial charge in [-0.1, -0.05) is 13.8 Å². The van der Waals surface area contributed by atoms with E-state index in [1.165, 1.54) is 38.9 Å². The lowest BCUT2D eigenvalue weighted by atomic mass is 9.99. The van der Waals surface area contributed by atoms with Crippen LogP contribution in [0.4, 0.5) is 0 Å². The van der Waals surface area contributed by atoms with Crippen molar-refractivity contribution in [3.8, 4) is 0 Å². The second-order valence-corrected chi connectivity index (χ2v) is 7.55. The minimum atomic E-state index is 0. The summed E-state index contributed by atoms with van der Waals surface area (Å²) in [7, 11) is 2.24. The van der Waals surface area contributed by atoms with Crippen LogP contribution in [0.3, 0.4) is 0 Å². The molecule has 25 heavy (non-hydrogen) atoms. The highest BCUT2D eigenvalue weighted by atomic mass is 127. The standard InChI is InChI=1S/C19H39N5.HI/c1-5-20-19(21-13-17-9-8-11-22(4)14-17)24-12-10-18(16-24)15-23(6-2)7-3;/h17-18H,5-16H2,1-4H3,(H,20,21);1H. The molecule has 2 saturated heterocycles. The van der Waals surface area contributed by atoms with Crippen molar-refractivity contribution in [2.75, 3.05) is 66.0 Å². The highest BCUT2D eigenvalue weighted by Gasteiger charge is 2.26. The van der Waals surface area contributed by atoms with E-state index in [0.29, 0.717) is 0 Å². The Hall–Kier alpha value is -0.0800. The normalized spacial score (nSPS) is 25.3. The van der Waals surface area contributed by atoms with Gasteiger partial charge in [0.1, 0.15) is 0 Å². The largest absolute Gasteiger partial charge is 0.357 e. The zero-order valence-electron chi connectivity index (χ0n) is 16.8. The minimum absolute atomic E-state index is 0. The van der Waals surface area contributed by atoms with E-state index in [4.69, 9.17) is 4.99 Å². The molecule has 148 valence electrons.